The lowest BCUT2D eigenvalue weighted by Gasteiger charge is -2.09. The number of fused-ring (bicyclic) bond motifs is 1. The topological polar surface area (TPSA) is 46.2 Å². The van der Waals surface area contributed by atoms with Crippen LogP contribution in [0.1, 0.15) is 37.5 Å². The average Bonchev–Trinajstić information content (AvgIpc) is 3.11. The van der Waals surface area contributed by atoms with Crippen LogP contribution in [0.4, 0.5) is 0 Å². The molecule has 106 valence electrons. The van der Waals surface area contributed by atoms with Gasteiger partial charge >= 0.3 is 0 Å². The Bertz CT molecular complexity index is 681. The lowest BCUT2D eigenvalue weighted by atomic mass is 10.2. The smallest absolute Gasteiger partial charge is 0.262 e. The summed E-state index contributed by atoms with van der Waals surface area (Å²) >= 11 is 2.90. The Kier molecular flexibility index (Phi) is 4.13. The summed E-state index contributed by atoms with van der Waals surface area (Å²) in [6.45, 7) is 0. The first kappa shape index (κ1) is 14.0. The highest BCUT2D eigenvalue weighted by molar-refractivity contribution is 7.15. The maximum Gasteiger partial charge on any atom is 0.262 e. The SMILES string of the molecule is O=CC(NC(=O)c1cc2c(s1)C=CCC=C2)c1cccs1. The van der Waals surface area contributed by atoms with Crippen LogP contribution in [0.25, 0.3) is 12.2 Å². The minimum atomic E-state index is -0.578. The Balaban J connectivity index is 1.80. The minimum Gasteiger partial charge on any atom is -0.337 e. The molecule has 2 heterocycles. The third kappa shape index (κ3) is 3.04. The van der Waals surface area contributed by atoms with Crippen LogP contribution in [0.3, 0.4) is 0 Å². The van der Waals surface area contributed by atoms with Crippen molar-refractivity contribution in [2.75, 3.05) is 0 Å². The van der Waals surface area contributed by atoms with Gasteiger partial charge in [0, 0.05) is 9.75 Å². The summed E-state index contributed by atoms with van der Waals surface area (Å²) in [6.07, 6.45) is 9.87. The number of hydrogen-bond acceptors (Lipinski definition) is 4. The number of nitrogens with one attached hydrogen (secondary N) is 1. The Morgan fingerprint density at radius 3 is 2.95 bits per heavy atom. The normalized spacial score (nSPS) is 14.3. The number of rotatable bonds is 4. The van der Waals surface area contributed by atoms with E-state index in [1.165, 1.54) is 22.7 Å². The van der Waals surface area contributed by atoms with Crippen LogP contribution in [-0.4, -0.2) is 12.2 Å². The summed E-state index contributed by atoms with van der Waals surface area (Å²) in [4.78, 5) is 26.0. The molecule has 0 fully saturated rings. The molecule has 0 saturated carbocycles. The molecule has 0 radical (unpaired) electrons. The lowest BCUT2D eigenvalue weighted by Crippen LogP contribution is -2.28. The molecule has 0 aliphatic heterocycles. The molecule has 2 aromatic heterocycles. The van der Waals surface area contributed by atoms with Crippen molar-refractivity contribution < 1.29 is 9.59 Å². The zero-order valence-corrected chi connectivity index (χ0v) is 12.7. The fourth-order valence-electron chi connectivity index (χ4n) is 2.09. The first-order chi connectivity index (χ1) is 10.3. The zero-order chi connectivity index (χ0) is 14.7. The summed E-state index contributed by atoms with van der Waals surface area (Å²) < 4.78 is 0. The van der Waals surface area contributed by atoms with Crippen LogP contribution in [0.2, 0.25) is 0 Å². The molecule has 1 unspecified atom stereocenters. The van der Waals surface area contributed by atoms with Gasteiger partial charge in [0.2, 0.25) is 0 Å². The summed E-state index contributed by atoms with van der Waals surface area (Å²) in [5.41, 5.74) is 1.05. The van der Waals surface area contributed by atoms with E-state index >= 15 is 0 Å². The predicted molar refractivity (Wildman–Crippen MR) is 87.6 cm³/mol. The monoisotopic (exact) mass is 315 g/mol. The van der Waals surface area contributed by atoms with Gasteiger partial charge in [-0.1, -0.05) is 24.3 Å². The van der Waals surface area contributed by atoms with Crippen molar-refractivity contribution in [3.8, 4) is 0 Å². The van der Waals surface area contributed by atoms with Crippen molar-refractivity contribution in [3.63, 3.8) is 0 Å². The van der Waals surface area contributed by atoms with Gasteiger partial charge in [-0.3, -0.25) is 4.79 Å². The number of carbonyl (C=O) groups excluding carboxylic acids is 2. The fourth-order valence-corrected chi connectivity index (χ4v) is 3.81. The highest BCUT2D eigenvalue weighted by atomic mass is 32.1. The number of thiophene rings is 2. The summed E-state index contributed by atoms with van der Waals surface area (Å²) in [6, 6.07) is 5.01. The van der Waals surface area contributed by atoms with Gasteiger partial charge in [-0.05, 0) is 35.6 Å². The molecule has 3 rings (SSSR count). The lowest BCUT2D eigenvalue weighted by molar-refractivity contribution is -0.109. The molecule has 21 heavy (non-hydrogen) atoms. The number of hydrogen-bond donors (Lipinski definition) is 1. The maximum absolute atomic E-state index is 12.3. The first-order valence-electron chi connectivity index (χ1n) is 6.54. The van der Waals surface area contributed by atoms with E-state index in [4.69, 9.17) is 0 Å². The fraction of sp³-hybridized carbons (Fsp3) is 0.125. The standard InChI is InChI=1S/C16H13NO2S2/c18-10-12(14-7-4-8-20-14)17-16(19)15-9-11-5-2-1-3-6-13(11)21-15/h2-10,12H,1H2,(H,17,19). The first-order valence-corrected chi connectivity index (χ1v) is 8.24. The molecule has 3 nitrogen and oxygen atoms in total. The van der Waals surface area contributed by atoms with Gasteiger partial charge in [-0.15, -0.1) is 22.7 Å². The van der Waals surface area contributed by atoms with E-state index < -0.39 is 6.04 Å². The summed E-state index contributed by atoms with van der Waals surface area (Å²) in [5, 5.41) is 4.67. The summed E-state index contributed by atoms with van der Waals surface area (Å²) in [7, 11) is 0. The molecule has 0 bridgehead atoms. The second-order valence-corrected chi connectivity index (χ2v) is 6.64. The Hall–Kier alpha value is -1.98. The van der Waals surface area contributed by atoms with Gasteiger partial charge in [0.05, 0.1) is 4.88 Å². The molecule has 1 atom stereocenters. The van der Waals surface area contributed by atoms with Crippen molar-refractivity contribution in [2.45, 2.75) is 12.5 Å². The molecule has 2 aromatic rings. The van der Waals surface area contributed by atoms with E-state index in [-0.39, 0.29) is 5.91 Å². The van der Waals surface area contributed by atoms with Gasteiger partial charge in [-0.25, -0.2) is 0 Å². The van der Waals surface area contributed by atoms with Crippen molar-refractivity contribution in [2.24, 2.45) is 0 Å². The minimum absolute atomic E-state index is 0.208. The zero-order valence-electron chi connectivity index (χ0n) is 11.1. The molecule has 1 amide bonds. The van der Waals surface area contributed by atoms with E-state index in [1.807, 2.05) is 35.7 Å². The largest absolute Gasteiger partial charge is 0.337 e. The van der Waals surface area contributed by atoms with Crippen LogP contribution in [0, 0.1) is 0 Å². The van der Waals surface area contributed by atoms with Crippen LogP contribution in [0.5, 0.6) is 0 Å². The molecular weight excluding hydrogens is 302 g/mol. The van der Waals surface area contributed by atoms with Crippen LogP contribution >= 0.6 is 22.7 Å². The quantitative estimate of drug-likeness (QED) is 0.870. The predicted octanol–water partition coefficient (Wildman–Crippen LogP) is 3.91. The van der Waals surface area contributed by atoms with E-state index in [0.717, 1.165) is 28.0 Å². The van der Waals surface area contributed by atoms with E-state index in [0.29, 0.717) is 4.88 Å². The van der Waals surface area contributed by atoms with Gasteiger partial charge < -0.3 is 10.1 Å². The Labute approximate surface area is 130 Å². The van der Waals surface area contributed by atoms with Crippen LogP contribution in [0.15, 0.2) is 35.7 Å². The van der Waals surface area contributed by atoms with E-state index in [2.05, 4.69) is 17.5 Å². The van der Waals surface area contributed by atoms with E-state index in [1.54, 1.807) is 0 Å². The van der Waals surface area contributed by atoms with Gasteiger partial charge in [0.15, 0.2) is 0 Å². The molecule has 1 aliphatic rings. The van der Waals surface area contributed by atoms with Crippen LogP contribution < -0.4 is 5.32 Å². The van der Waals surface area contributed by atoms with E-state index in [9.17, 15) is 9.59 Å². The number of allylic oxidation sites excluding steroid dienone is 2. The summed E-state index contributed by atoms with van der Waals surface area (Å²) in [5.74, 6) is -0.208. The van der Waals surface area contributed by atoms with Crippen molar-refractivity contribution in [1.29, 1.82) is 0 Å². The molecular formula is C16H13NO2S2. The van der Waals surface area contributed by atoms with Gasteiger partial charge in [0.1, 0.15) is 12.3 Å². The molecule has 5 heteroatoms. The number of aldehydes is 1. The number of amides is 1. The molecule has 0 saturated heterocycles. The second-order valence-electron chi connectivity index (χ2n) is 4.57. The third-order valence-corrected chi connectivity index (χ3v) is 5.20. The third-order valence-electron chi connectivity index (χ3n) is 3.13. The Morgan fingerprint density at radius 1 is 1.33 bits per heavy atom. The van der Waals surface area contributed by atoms with Crippen molar-refractivity contribution in [1.82, 2.24) is 5.32 Å². The highest BCUT2D eigenvalue weighted by Crippen LogP contribution is 2.28. The maximum atomic E-state index is 12.3. The average molecular weight is 315 g/mol. The highest BCUT2D eigenvalue weighted by Gasteiger charge is 2.18. The molecule has 0 aromatic carbocycles. The molecule has 1 aliphatic carbocycles. The van der Waals surface area contributed by atoms with Gasteiger partial charge in [0.25, 0.3) is 5.91 Å². The number of carbonyl (C=O) groups is 2. The van der Waals surface area contributed by atoms with Crippen molar-refractivity contribution in [3.05, 3.63) is 55.9 Å². The molecule has 1 N–H and O–H groups in total. The van der Waals surface area contributed by atoms with Crippen molar-refractivity contribution >= 4 is 47.0 Å². The second kappa shape index (κ2) is 6.20. The Morgan fingerprint density at radius 2 is 2.19 bits per heavy atom. The van der Waals surface area contributed by atoms with Crippen LogP contribution in [-0.2, 0) is 4.79 Å². The molecule has 0 spiro atoms. The van der Waals surface area contributed by atoms with Gasteiger partial charge in [-0.2, -0.15) is 0 Å².